The SMILES string of the molecule is Cn1c(SCc2nc3ccc(N)cc3[nH]2)n[nH]c1=O. The van der Waals surface area contributed by atoms with Gasteiger partial charge in [-0.05, 0) is 18.2 Å². The Balaban J connectivity index is 1.82. The van der Waals surface area contributed by atoms with Crippen LogP contribution in [-0.2, 0) is 12.8 Å². The highest BCUT2D eigenvalue weighted by molar-refractivity contribution is 7.98. The molecule has 0 aliphatic heterocycles. The highest BCUT2D eigenvalue weighted by Crippen LogP contribution is 2.20. The third-order valence-electron chi connectivity index (χ3n) is 2.73. The van der Waals surface area contributed by atoms with Gasteiger partial charge in [0.05, 0.1) is 16.8 Å². The second kappa shape index (κ2) is 4.47. The third kappa shape index (κ3) is 2.22. The summed E-state index contributed by atoms with van der Waals surface area (Å²) in [4.78, 5) is 18.9. The zero-order valence-corrected chi connectivity index (χ0v) is 11.0. The third-order valence-corrected chi connectivity index (χ3v) is 3.77. The summed E-state index contributed by atoms with van der Waals surface area (Å²) < 4.78 is 1.46. The lowest BCUT2D eigenvalue weighted by Gasteiger charge is -1.96. The van der Waals surface area contributed by atoms with Gasteiger partial charge in [-0.25, -0.2) is 14.9 Å². The van der Waals surface area contributed by atoms with E-state index in [1.165, 1.54) is 16.3 Å². The Bertz CT molecular complexity index is 786. The van der Waals surface area contributed by atoms with E-state index < -0.39 is 0 Å². The molecule has 8 heteroatoms. The number of aromatic nitrogens is 5. The molecule has 0 aliphatic rings. The Morgan fingerprint density at radius 1 is 1.47 bits per heavy atom. The zero-order valence-electron chi connectivity index (χ0n) is 10.2. The van der Waals surface area contributed by atoms with Crippen molar-refractivity contribution in [1.82, 2.24) is 24.7 Å². The summed E-state index contributed by atoms with van der Waals surface area (Å²) in [6.45, 7) is 0. The lowest BCUT2D eigenvalue weighted by molar-refractivity contribution is 0.765. The van der Waals surface area contributed by atoms with Gasteiger partial charge in [-0.15, -0.1) is 5.10 Å². The van der Waals surface area contributed by atoms with E-state index in [-0.39, 0.29) is 5.69 Å². The van der Waals surface area contributed by atoms with E-state index in [9.17, 15) is 4.79 Å². The fraction of sp³-hybridized carbons (Fsp3) is 0.182. The largest absolute Gasteiger partial charge is 0.399 e. The molecule has 3 rings (SSSR count). The molecule has 0 amide bonds. The van der Waals surface area contributed by atoms with Gasteiger partial charge in [0, 0.05) is 12.7 Å². The zero-order chi connectivity index (χ0) is 13.4. The number of benzene rings is 1. The van der Waals surface area contributed by atoms with Crippen LogP contribution in [-0.4, -0.2) is 24.7 Å². The van der Waals surface area contributed by atoms with E-state index in [0.717, 1.165) is 16.9 Å². The molecule has 7 nitrogen and oxygen atoms in total. The fourth-order valence-corrected chi connectivity index (χ4v) is 2.53. The molecule has 0 spiro atoms. The first-order chi connectivity index (χ1) is 9.13. The van der Waals surface area contributed by atoms with E-state index in [4.69, 9.17) is 5.73 Å². The summed E-state index contributed by atoms with van der Waals surface area (Å²) in [5, 5.41) is 6.95. The molecule has 0 bridgehead atoms. The van der Waals surface area contributed by atoms with Gasteiger partial charge in [0.25, 0.3) is 0 Å². The number of aromatic amines is 2. The predicted molar refractivity (Wildman–Crippen MR) is 73.9 cm³/mol. The van der Waals surface area contributed by atoms with Gasteiger partial charge in [0.2, 0.25) is 0 Å². The Labute approximate surface area is 112 Å². The van der Waals surface area contributed by atoms with E-state index in [1.54, 1.807) is 7.05 Å². The molecule has 2 aromatic heterocycles. The Morgan fingerprint density at radius 3 is 3.05 bits per heavy atom. The van der Waals surface area contributed by atoms with E-state index in [1.807, 2.05) is 18.2 Å². The van der Waals surface area contributed by atoms with Gasteiger partial charge >= 0.3 is 5.69 Å². The van der Waals surface area contributed by atoms with Crippen molar-refractivity contribution in [2.75, 3.05) is 5.73 Å². The molecule has 3 aromatic rings. The van der Waals surface area contributed by atoms with Gasteiger partial charge in [-0.3, -0.25) is 4.57 Å². The summed E-state index contributed by atoms with van der Waals surface area (Å²) in [5.41, 5.74) is 7.98. The number of H-pyrrole nitrogens is 2. The van der Waals surface area contributed by atoms with Crippen LogP contribution in [0.25, 0.3) is 11.0 Å². The van der Waals surface area contributed by atoms with Gasteiger partial charge < -0.3 is 10.7 Å². The molecule has 4 N–H and O–H groups in total. The van der Waals surface area contributed by atoms with Crippen LogP contribution in [0, 0.1) is 0 Å². The van der Waals surface area contributed by atoms with Gasteiger partial charge in [0.1, 0.15) is 5.82 Å². The van der Waals surface area contributed by atoms with Crippen LogP contribution in [0.15, 0.2) is 28.2 Å². The number of fused-ring (bicyclic) bond motifs is 1. The molecule has 1 aromatic carbocycles. The molecule has 0 atom stereocenters. The second-order valence-corrected chi connectivity index (χ2v) is 5.06. The van der Waals surface area contributed by atoms with Gasteiger partial charge in [-0.1, -0.05) is 11.8 Å². The van der Waals surface area contributed by atoms with Crippen molar-refractivity contribution in [3.63, 3.8) is 0 Å². The predicted octanol–water partition coefficient (Wildman–Crippen LogP) is 0.859. The molecule has 2 heterocycles. The number of nitrogens with one attached hydrogen (secondary N) is 2. The standard InChI is InChI=1S/C11H12N6OS/c1-17-10(18)15-16-11(17)19-5-9-13-7-3-2-6(12)4-8(7)14-9/h2-4H,5,12H2,1H3,(H,13,14)(H,15,18). The smallest absolute Gasteiger partial charge is 0.343 e. The van der Waals surface area contributed by atoms with Crippen molar-refractivity contribution < 1.29 is 0 Å². The van der Waals surface area contributed by atoms with Crippen molar-refractivity contribution in [3.05, 3.63) is 34.5 Å². The van der Waals surface area contributed by atoms with Gasteiger partial charge in [-0.2, -0.15) is 0 Å². The first kappa shape index (κ1) is 11.8. The molecule has 0 saturated carbocycles. The van der Waals surface area contributed by atoms with Crippen LogP contribution in [0.5, 0.6) is 0 Å². The summed E-state index contributed by atoms with van der Waals surface area (Å²) in [5.74, 6) is 1.42. The van der Waals surface area contributed by atoms with Crippen LogP contribution < -0.4 is 11.4 Å². The monoisotopic (exact) mass is 276 g/mol. The molecule has 98 valence electrons. The quantitative estimate of drug-likeness (QED) is 0.486. The Kier molecular flexibility index (Phi) is 2.79. The number of imidazole rings is 1. The maximum Gasteiger partial charge on any atom is 0.343 e. The first-order valence-electron chi connectivity index (χ1n) is 5.62. The minimum absolute atomic E-state index is 0.222. The normalized spacial score (nSPS) is 11.2. The molecule has 0 saturated heterocycles. The summed E-state index contributed by atoms with van der Waals surface area (Å²) in [6.07, 6.45) is 0. The van der Waals surface area contributed by atoms with Crippen LogP contribution in [0.3, 0.4) is 0 Å². The minimum Gasteiger partial charge on any atom is -0.399 e. The topological polar surface area (TPSA) is 105 Å². The Morgan fingerprint density at radius 2 is 2.32 bits per heavy atom. The second-order valence-electron chi connectivity index (χ2n) is 4.12. The minimum atomic E-state index is -0.222. The van der Waals surface area contributed by atoms with Crippen molar-refractivity contribution in [3.8, 4) is 0 Å². The summed E-state index contributed by atoms with van der Waals surface area (Å²) >= 11 is 1.44. The van der Waals surface area contributed by atoms with Crippen molar-refractivity contribution >= 4 is 28.5 Å². The van der Waals surface area contributed by atoms with Crippen molar-refractivity contribution in [1.29, 1.82) is 0 Å². The lowest BCUT2D eigenvalue weighted by atomic mass is 10.3. The number of hydrogen-bond donors (Lipinski definition) is 3. The Hall–Kier alpha value is -2.22. The first-order valence-corrected chi connectivity index (χ1v) is 6.60. The highest BCUT2D eigenvalue weighted by atomic mass is 32.2. The van der Waals surface area contributed by atoms with E-state index in [2.05, 4.69) is 20.2 Å². The molecule has 19 heavy (non-hydrogen) atoms. The molecule has 0 aliphatic carbocycles. The van der Waals surface area contributed by atoms with Crippen molar-refractivity contribution in [2.45, 2.75) is 10.9 Å². The van der Waals surface area contributed by atoms with Crippen LogP contribution in [0.2, 0.25) is 0 Å². The number of nitrogen functional groups attached to an aromatic ring is 1. The van der Waals surface area contributed by atoms with Crippen LogP contribution >= 0.6 is 11.8 Å². The fourth-order valence-electron chi connectivity index (χ4n) is 1.74. The number of nitrogens with zero attached hydrogens (tertiary/aromatic N) is 3. The van der Waals surface area contributed by atoms with Crippen molar-refractivity contribution in [2.24, 2.45) is 7.05 Å². The van der Waals surface area contributed by atoms with Crippen LogP contribution in [0.4, 0.5) is 5.69 Å². The highest BCUT2D eigenvalue weighted by Gasteiger charge is 2.08. The van der Waals surface area contributed by atoms with E-state index >= 15 is 0 Å². The lowest BCUT2D eigenvalue weighted by Crippen LogP contribution is -2.12. The molecule has 0 radical (unpaired) electrons. The van der Waals surface area contributed by atoms with Gasteiger partial charge in [0.15, 0.2) is 5.16 Å². The number of rotatable bonds is 3. The summed E-state index contributed by atoms with van der Waals surface area (Å²) in [6, 6.07) is 5.54. The number of anilines is 1. The van der Waals surface area contributed by atoms with Crippen LogP contribution in [0.1, 0.15) is 5.82 Å². The average Bonchev–Trinajstić information content (AvgIpc) is 2.92. The number of hydrogen-bond acceptors (Lipinski definition) is 5. The maximum absolute atomic E-state index is 11.2. The molecule has 0 fully saturated rings. The van der Waals surface area contributed by atoms with E-state index in [0.29, 0.717) is 16.6 Å². The number of thioether (sulfide) groups is 1. The average molecular weight is 276 g/mol. The summed E-state index contributed by atoms with van der Waals surface area (Å²) in [7, 11) is 1.67. The maximum atomic E-state index is 11.2. The molecular formula is C11H12N6OS. The molecular weight excluding hydrogens is 264 g/mol. The molecule has 0 unspecified atom stereocenters. The number of nitrogens with two attached hydrogens (primary N) is 1.